The van der Waals surface area contributed by atoms with Crippen molar-refractivity contribution in [3.63, 3.8) is 0 Å². The molecule has 2 rings (SSSR count). The second-order valence-electron chi connectivity index (χ2n) is 4.95. The normalized spacial score (nSPS) is 12.0. The SMILES string of the molecule is O=C(O)[C@H](CCSCc1ccccc1)SCc1ccccc1. The van der Waals surface area contributed by atoms with Gasteiger partial charge in [0, 0.05) is 11.5 Å². The van der Waals surface area contributed by atoms with Crippen LogP contribution >= 0.6 is 23.5 Å². The highest BCUT2D eigenvalue weighted by Crippen LogP contribution is 2.23. The van der Waals surface area contributed by atoms with Crippen molar-refractivity contribution in [1.82, 2.24) is 0 Å². The van der Waals surface area contributed by atoms with E-state index in [1.54, 1.807) is 11.8 Å². The number of aliphatic carboxylic acids is 1. The first-order chi connectivity index (χ1) is 10.8. The molecule has 22 heavy (non-hydrogen) atoms. The van der Waals surface area contributed by atoms with Crippen LogP contribution in [0, 0.1) is 0 Å². The fourth-order valence-electron chi connectivity index (χ4n) is 2.00. The molecule has 4 heteroatoms. The van der Waals surface area contributed by atoms with Gasteiger partial charge < -0.3 is 5.11 Å². The van der Waals surface area contributed by atoms with E-state index in [1.807, 2.05) is 48.5 Å². The molecule has 0 saturated carbocycles. The largest absolute Gasteiger partial charge is 0.480 e. The molecule has 1 N–H and O–H groups in total. The van der Waals surface area contributed by atoms with Crippen molar-refractivity contribution in [3.8, 4) is 0 Å². The summed E-state index contributed by atoms with van der Waals surface area (Å²) in [5, 5.41) is 9.01. The maximum absolute atomic E-state index is 11.4. The van der Waals surface area contributed by atoms with Crippen LogP contribution < -0.4 is 0 Å². The second kappa shape index (κ2) is 9.59. The number of carboxylic acids is 1. The smallest absolute Gasteiger partial charge is 0.316 e. The van der Waals surface area contributed by atoms with Gasteiger partial charge in [0.1, 0.15) is 5.25 Å². The third-order valence-electron chi connectivity index (χ3n) is 3.21. The van der Waals surface area contributed by atoms with Crippen LogP contribution in [-0.4, -0.2) is 22.1 Å². The lowest BCUT2D eigenvalue weighted by Gasteiger charge is -2.12. The summed E-state index contributed by atoms with van der Waals surface area (Å²) in [5.74, 6) is 1.85. The molecular weight excluding hydrogens is 312 g/mol. The third kappa shape index (κ3) is 6.16. The highest BCUT2D eigenvalue weighted by molar-refractivity contribution is 8.00. The van der Waals surface area contributed by atoms with Gasteiger partial charge in [-0.3, -0.25) is 4.79 Å². The average Bonchev–Trinajstić information content (AvgIpc) is 2.55. The van der Waals surface area contributed by atoms with E-state index in [2.05, 4.69) is 12.1 Å². The lowest BCUT2D eigenvalue weighted by atomic mass is 10.2. The van der Waals surface area contributed by atoms with Crippen molar-refractivity contribution in [1.29, 1.82) is 0 Å². The molecule has 0 amide bonds. The van der Waals surface area contributed by atoms with E-state index in [1.165, 1.54) is 22.9 Å². The molecule has 0 aromatic heterocycles. The Morgan fingerprint density at radius 1 is 0.909 bits per heavy atom. The van der Waals surface area contributed by atoms with Gasteiger partial charge in [0.15, 0.2) is 0 Å². The van der Waals surface area contributed by atoms with Gasteiger partial charge in [0.05, 0.1) is 0 Å². The fraction of sp³-hybridized carbons (Fsp3) is 0.278. The Hall–Kier alpha value is -1.39. The molecule has 0 fully saturated rings. The Morgan fingerprint density at radius 3 is 2.00 bits per heavy atom. The van der Waals surface area contributed by atoms with Crippen LogP contribution in [0.3, 0.4) is 0 Å². The topological polar surface area (TPSA) is 37.3 Å². The van der Waals surface area contributed by atoms with Crippen LogP contribution in [0.4, 0.5) is 0 Å². The Balaban J connectivity index is 1.71. The molecular formula is C18H20O2S2. The molecule has 2 nitrogen and oxygen atoms in total. The summed E-state index contributed by atoms with van der Waals surface area (Å²) in [6.45, 7) is 0. The molecule has 0 bridgehead atoms. The molecule has 2 aromatic rings. The van der Waals surface area contributed by atoms with E-state index in [0.29, 0.717) is 6.42 Å². The van der Waals surface area contributed by atoms with Crippen molar-refractivity contribution in [2.45, 2.75) is 23.2 Å². The molecule has 1 atom stereocenters. The predicted molar refractivity (Wildman–Crippen MR) is 96.4 cm³/mol. The molecule has 0 aliphatic rings. The van der Waals surface area contributed by atoms with Crippen molar-refractivity contribution >= 4 is 29.5 Å². The van der Waals surface area contributed by atoms with Crippen LogP contribution in [0.15, 0.2) is 60.7 Å². The Morgan fingerprint density at radius 2 is 1.45 bits per heavy atom. The minimum absolute atomic E-state index is 0.330. The fourth-order valence-corrected chi connectivity index (χ4v) is 4.14. The van der Waals surface area contributed by atoms with E-state index >= 15 is 0 Å². The van der Waals surface area contributed by atoms with Crippen molar-refractivity contribution < 1.29 is 9.90 Å². The molecule has 2 aromatic carbocycles. The summed E-state index contributed by atoms with van der Waals surface area (Å²) in [7, 11) is 0. The minimum Gasteiger partial charge on any atom is -0.480 e. The highest BCUT2D eigenvalue weighted by Gasteiger charge is 2.17. The first-order valence-electron chi connectivity index (χ1n) is 7.25. The molecule has 0 aliphatic heterocycles. The molecule has 0 spiro atoms. The van der Waals surface area contributed by atoms with Gasteiger partial charge in [0.25, 0.3) is 0 Å². The second-order valence-corrected chi connectivity index (χ2v) is 7.25. The number of benzene rings is 2. The van der Waals surface area contributed by atoms with Crippen LogP contribution in [0.25, 0.3) is 0 Å². The van der Waals surface area contributed by atoms with Crippen LogP contribution in [-0.2, 0) is 16.3 Å². The average molecular weight is 332 g/mol. The van der Waals surface area contributed by atoms with E-state index in [9.17, 15) is 9.90 Å². The number of rotatable bonds is 9. The van der Waals surface area contributed by atoms with Gasteiger partial charge in [-0.25, -0.2) is 0 Å². The van der Waals surface area contributed by atoms with E-state index in [4.69, 9.17) is 0 Å². The molecule has 0 saturated heterocycles. The van der Waals surface area contributed by atoms with E-state index < -0.39 is 5.97 Å². The van der Waals surface area contributed by atoms with Crippen LogP contribution in [0.5, 0.6) is 0 Å². The summed E-state index contributed by atoms with van der Waals surface area (Å²) in [4.78, 5) is 11.4. The zero-order chi connectivity index (χ0) is 15.6. The van der Waals surface area contributed by atoms with Gasteiger partial charge in [-0.1, -0.05) is 60.7 Å². The summed E-state index contributed by atoms with van der Waals surface area (Å²) in [5.41, 5.74) is 2.46. The maximum atomic E-state index is 11.4. The number of thioether (sulfide) groups is 2. The highest BCUT2D eigenvalue weighted by atomic mass is 32.2. The standard InChI is InChI=1S/C18H20O2S2/c19-18(20)17(22-14-16-9-5-2-6-10-16)11-12-21-13-15-7-3-1-4-8-15/h1-10,17H,11-14H2,(H,19,20)/t17-/m0/s1. The van der Waals surface area contributed by atoms with E-state index in [-0.39, 0.29) is 5.25 Å². The number of carboxylic acid groups (broad SMARTS) is 1. The van der Waals surface area contributed by atoms with Crippen molar-refractivity contribution in [3.05, 3.63) is 71.8 Å². The van der Waals surface area contributed by atoms with Gasteiger partial charge in [-0.05, 0) is 23.3 Å². The minimum atomic E-state index is -0.707. The lowest BCUT2D eigenvalue weighted by molar-refractivity contribution is -0.136. The Labute approximate surface area is 140 Å². The number of carbonyl (C=O) groups is 1. The van der Waals surface area contributed by atoms with Gasteiger partial charge in [-0.2, -0.15) is 11.8 Å². The summed E-state index contributed by atoms with van der Waals surface area (Å²) < 4.78 is 0. The zero-order valence-corrected chi connectivity index (χ0v) is 14.0. The van der Waals surface area contributed by atoms with Crippen molar-refractivity contribution in [2.24, 2.45) is 0 Å². The van der Waals surface area contributed by atoms with E-state index in [0.717, 1.165) is 17.3 Å². The van der Waals surface area contributed by atoms with Crippen LogP contribution in [0.1, 0.15) is 17.5 Å². The monoisotopic (exact) mass is 332 g/mol. The summed E-state index contributed by atoms with van der Waals surface area (Å²) in [6.07, 6.45) is 0.699. The molecule has 0 radical (unpaired) electrons. The van der Waals surface area contributed by atoms with Crippen LogP contribution in [0.2, 0.25) is 0 Å². The molecule has 0 aliphatic carbocycles. The van der Waals surface area contributed by atoms with Gasteiger partial charge in [-0.15, -0.1) is 11.8 Å². The number of hydrogen-bond acceptors (Lipinski definition) is 3. The lowest BCUT2D eigenvalue weighted by Crippen LogP contribution is -2.17. The molecule has 116 valence electrons. The van der Waals surface area contributed by atoms with Gasteiger partial charge >= 0.3 is 5.97 Å². The first kappa shape index (κ1) is 17.0. The Kier molecular flexibility index (Phi) is 7.40. The molecule has 0 heterocycles. The Bertz CT molecular complexity index is 558. The summed E-state index contributed by atoms with van der Waals surface area (Å²) >= 11 is 3.31. The van der Waals surface area contributed by atoms with Gasteiger partial charge in [0.2, 0.25) is 0 Å². The molecule has 0 unspecified atom stereocenters. The predicted octanol–water partition coefficient (Wildman–Crippen LogP) is 4.70. The first-order valence-corrected chi connectivity index (χ1v) is 9.46. The maximum Gasteiger partial charge on any atom is 0.316 e. The third-order valence-corrected chi connectivity index (χ3v) is 5.61. The zero-order valence-electron chi connectivity index (χ0n) is 12.4. The van der Waals surface area contributed by atoms with Crippen molar-refractivity contribution in [2.75, 3.05) is 5.75 Å². The quantitative estimate of drug-likeness (QED) is 0.676. The number of hydrogen-bond donors (Lipinski definition) is 1. The summed E-state index contributed by atoms with van der Waals surface area (Å²) in [6, 6.07) is 20.3.